The van der Waals surface area contributed by atoms with Crippen LogP contribution >= 0.6 is 23.5 Å². The first-order valence-corrected chi connectivity index (χ1v) is 10.1. The molecule has 4 heteroatoms. The zero-order valence-electron chi connectivity index (χ0n) is 13.7. The molecule has 122 valence electrons. The second kappa shape index (κ2) is 8.30. The van der Waals surface area contributed by atoms with Crippen molar-refractivity contribution in [2.75, 3.05) is 5.75 Å². The Kier molecular flexibility index (Phi) is 6.69. The molecule has 1 saturated heterocycles. The van der Waals surface area contributed by atoms with Crippen LogP contribution in [0.5, 0.6) is 0 Å². The van der Waals surface area contributed by atoms with Gasteiger partial charge in [0.1, 0.15) is 0 Å². The summed E-state index contributed by atoms with van der Waals surface area (Å²) in [6.07, 6.45) is 6.79. The molecule has 0 aliphatic carbocycles. The average molecular weight is 337 g/mol. The van der Waals surface area contributed by atoms with E-state index in [4.69, 9.17) is 11.1 Å². The van der Waals surface area contributed by atoms with E-state index in [0.717, 1.165) is 24.5 Å². The van der Waals surface area contributed by atoms with E-state index < -0.39 is 0 Å². The van der Waals surface area contributed by atoms with Crippen LogP contribution < -0.4 is 5.73 Å². The van der Waals surface area contributed by atoms with E-state index in [2.05, 4.69) is 49.9 Å². The highest BCUT2D eigenvalue weighted by atomic mass is 32.2. The summed E-state index contributed by atoms with van der Waals surface area (Å²) in [5.74, 6) is 1.55. The summed E-state index contributed by atoms with van der Waals surface area (Å²) in [4.78, 5) is 0. The summed E-state index contributed by atoms with van der Waals surface area (Å²) in [6.45, 7) is 4.38. The Morgan fingerprint density at radius 1 is 1.36 bits per heavy atom. The molecule has 1 aliphatic rings. The first-order valence-electron chi connectivity index (χ1n) is 8.23. The predicted octanol–water partition coefficient (Wildman–Crippen LogP) is 4.99. The first kappa shape index (κ1) is 17.7. The number of hydrogen-bond donors (Lipinski definition) is 2. The summed E-state index contributed by atoms with van der Waals surface area (Å²) < 4.78 is 0.120. The van der Waals surface area contributed by atoms with Crippen molar-refractivity contribution in [2.24, 2.45) is 5.73 Å². The standard InChI is InChI=1S/C18H28N2S2/c1-3-4-5-16-13-21-18(22-16,12-17(19)20)11-10-15-8-6-14(2)7-9-15/h6-9,16H,3-5,10-13H2,1-2H3,(H3,19,20). The van der Waals surface area contributed by atoms with Crippen molar-refractivity contribution in [3.05, 3.63) is 35.4 Å². The van der Waals surface area contributed by atoms with Crippen LogP contribution in [0.25, 0.3) is 0 Å². The molecular weight excluding hydrogens is 308 g/mol. The maximum Gasteiger partial charge on any atom is 0.0927 e. The molecule has 2 rings (SSSR count). The third-order valence-corrected chi connectivity index (χ3v) is 7.98. The Morgan fingerprint density at radius 2 is 2.09 bits per heavy atom. The second-order valence-corrected chi connectivity index (χ2v) is 9.64. The lowest BCUT2D eigenvalue weighted by molar-refractivity contribution is 0.711. The maximum atomic E-state index is 7.75. The molecule has 22 heavy (non-hydrogen) atoms. The summed E-state index contributed by atoms with van der Waals surface area (Å²) in [6, 6.07) is 8.84. The molecule has 1 aliphatic heterocycles. The molecule has 0 amide bonds. The van der Waals surface area contributed by atoms with Gasteiger partial charge in [-0.1, -0.05) is 49.6 Å². The summed E-state index contributed by atoms with van der Waals surface area (Å²) in [5, 5.41) is 8.49. The van der Waals surface area contributed by atoms with Gasteiger partial charge >= 0.3 is 0 Å². The normalized spacial score (nSPS) is 24.5. The van der Waals surface area contributed by atoms with E-state index in [9.17, 15) is 0 Å². The molecule has 0 spiro atoms. The minimum Gasteiger partial charge on any atom is -0.388 e. The SMILES string of the molecule is CCCCC1CSC(CCc2ccc(C)cc2)(CC(=N)N)S1. The lowest BCUT2D eigenvalue weighted by atomic mass is 10.0. The number of amidine groups is 1. The smallest absolute Gasteiger partial charge is 0.0927 e. The van der Waals surface area contributed by atoms with Gasteiger partial charge < -0.3 is 5.73 Å². The van der Waals surface area contributed by atoms with Gasteiger partial charge in [0.2, 0.25) is 0 Å². The topological polar surface area (TPSA) is 49.9 Å². The summed E-state index contributed by atoms with van der Waals surface area (Å²) in [5.41, 5.74) is 8.46. The van der Waals surface area contributed by atoms with Crippen LogP contribution in [0.4, 0.5) is 0 Å². The Labute approximate surface area is 143 Å². The monoisotopic (exact) mass is 336 g/mol. The molecule has 0 bridgehead atoms. The van der Waals surface area contributed by atoms with Gasteiger partial charge in [-0.3, -0.25) is 5.41 Å². The van der Waals surface area contributed by atoms with Crippen molar-refractivity contribution < 1.29 is 0 Å². The van der Waals surface area contributed by atoms with Crippen LogP contribution in [0.15, 0.2) is 24.3 Å². The molecule has 0 aromatic heterocycles. The highest BCUT2D eigenvalue weighted by Crippen LogP contribution is 2.54. The maximum absolute atomic E-state index is 7.75. The van der Waals surface area contributed by atoms with Gasteiger partial charge in [0.05, 0.1) is 9.91 Å². The molecule has 1 aromatic carbocycles. The van der Waals surface area contributed by atoms with Gasteiger partial charge in [-0.25, -0.2) is 0 Å². The quantitative estimate of drug-likeness (QED) is 0.519. The molecule has 2 unspecified atom stereocenters. The van der Waals surface area contributed by atoms with Gasteiger partial charge in [0.25, 0.3) is 0 Å². The fourth-order valence-electron chi connectivity index (χ4n) is 2.88. The fourth-order valence-corrected chi connectivity index (χ4v) is 6.75. The van der Waals surface area contributed by atoms with Crippen molar-refractivity contribution in [2.45, 2.75) is 61.7 Å². The van der Waals surface area contributed by atoms with Crippen LogP contribution in [0.3, 0.4) is 0 Å². The van der Waals surface area contributed by atoms with Crippen LogP contribution in [0, 0.1) is 12.3 Å². The molecule has 0 radical (unpaired) electrons. The zero-order chi connectivity index (χ0) is 16.0. The molecule has 2 nitrogen and oxygen atoms in total. The van der Waals surface area contributed by atoms with E-state index in [1.807, 2.05) is 11.8 Å². The van der Waals surface area contributed by atoms with Crippen LogP contribution in [-0.2, 0) is 6.42 Å². The number of nitrogens with two attached hydrogens (primary N) is 1. The minimum absolute atomic E-state index is 0.120. The molecule has 0 saturated carbocycles. The van der Waals surface area contributed by atoms with E-state index in [1.165, 1.54) is 36.1 Å². The van der Waals surface area contributed by atoms with Crippen LogP contribution in [0.1, 0.15) is 50.2 Å². The second-order valence-electron chi connectivity index (χ2n) is 6.29. The molecule has 1 heterocycles. The molecule has 3 N–H and O–H groups in total. The Hall–Kier alpha value is -0.610. The third-order valence-electron chi connectivity index (χ3n) is 4.17. The Balaban J connectivity index is 1.97. The van der Waals surface area contributed by atoms with Gasteiger partial charge in [0, 0.05) is 17.4 Å². The fraction of sp³-hybridized carbons (Fsp3) is 0.611. The number of nitrogens with one attached hydrogen (secondary N) is 1. The van der Waals surface area contributed by atoms with Gasteiger partial charge in [-0.05, 0) is 31.7 Å². The lowest BCUT2D eigenvalue weighted by Crippen LogP contribution is -2.27. The van der Waals surface area contributed by atoms with Crippen molar-refractivity contribution >= 4 is 29.4 Å². The van der Waals surface area contributed by atoms with Gasteiger partial charge in [0.15, 0.2) is 0 Å². The van der Waals surface area contributed by atoms with Crippen LogP contribution in [-0.4, -0.2) is 20.9 Å². The number of hydrogen-bond acceptors (Lipinski definition) is 3. The average Bonchev–Trinajstić information content (AvgIpc) is 2.87. The highest BCUT2D eigenvalue weighted by molar-refractivity contribution is 8.21. The predicted molar refractivity (Wildman–Crippen MR) is 102 cm³/mol. The Bertz CT molecular complexity index is 486. The molecule has 2 atom stereocenters. The van der Waals surface area contributed by atoms with Gasteiger partial charge in [-0.15, -0.1) is 23.5 Å². The largest absolute Gasteiger partial charge is 0.388 e. The zero-order valence-corrected chi connectivity index (χ0v) is 15.4. The van der Waals surface area contributed by atoms with Crippen molar-refractivity contribution in [3.63, 3.8) is 0 Å². The molecule has 1 aromatic rings. The van der Waals surface area contributed by atoms with E-state index >= 15 is 0 Å². The first-order chi connectivity index (χ1) is 10.5. The van der Waals surface area contributed by atoms with Crippen molar-refractivity contribution in [1.82, 2.24) is 0 Å². The Morgan fingerprint density at radius 3 is 2.73 bits per heavy atom. The van der Waals surface area contributed by atoms with E-state index in [-0.39, 0.29) is 4.08 Å². The lowest BCUT2D eigenvalue weighted by Gasteiger charge is -2.27. The van der Waals surface area contributed by atoms with Crippen molar-refractivity contribution in [3.8, 4) is 0 Å². The summed E-state index contributed by atoms with van der Waals surface area (Å²) in [7, 11) is 0. The third kappa shape index (κ3) is 5.24. The van der Waals surface area contributed by atoms with E-state index in [1.54, 1.807) is 0 Å². The number of rotatable bonds is 8. The summed E-state index contributed by atoms with van der Waals surface area (Å²) >= 11 is 4.13. The minimum atomic E-state index is 0.120. The molecule has 1 fully saturated rings. The number of aryl methyl sites for hydroxylation is 2. The number of unbranched alkanes of at least 4 members (excludes halogenated alkanes) is 1. The van der Waals surface area contributed by atoms with Crippen molar-refractivity contribution in [1.29, 1.82) is 5.41 Å². The highest BCUT2D eigenvalue weighted by Gasteiger charge is 2.40. The molecular formula is C18H28N2S2. The van der Waals surface area contributed by atoms with Crippen LogP contribution in [0.2, 0.25) is 0 Å². The van der Waals surface area contributed by atoms with Gasteiger partial charge in [-0.2, -0.15) is 0 Å². The van der Waals surface area contributed by atoms with E-state index in [0.29, 0.717) is 5.84 Å². The number of thioether (sulfide) groups is 2. The number of benzene rings is 1.